The van der Waals surface area contributed by atoms with Gasteiger partial charge < -0.3 is 10.1 Å². The van der Waals surface area contributed by atoms with Gasteiger partial charge in [0, 0.05) is 44.3 Å². The molecule has 3 rings (SSSR count). The normalized spacial score (nSPS) is 24.0. The second-order valence-electron chi connectivity index (χ2n) is 9.91. The van der Waals surface area contributed by atoms with E-state index in [9.17, 15) is 13.2 Å². The van der Waals surface area contributed by atoms with E-state index in [1.165, 1.54) is 6.08 Å². The van der Waals surface area contributed by atoms with E-state index in [1.54, 1.807) is 34.6 Å². The number of amides is 1. The van der Waals surface area contributed by atoms with E-state index in [1.807, 2.05) is 0 Å². The third-order valence-electron chi connectivity index (χ3n) is 6.48. The van der Waals surface area contributed by atoms with Crippen LogP contribution in [0.25, 0.3) is 6.08 Å². The van der Waals surface area contributed by atoms with Crippen molar-refractivity contribution >= 4 is 22.0 Å². The van der Waals surface area contributed by atoms with Crippen LogP contribution in [0.5, 0.6) is 0 Å². The van der Waals surface area contributed by atoms with Gasteiger partial charge in [0.05, 0.1) is 17.1 Å². The SMILES string of the molecule is CC1CN(C(C)(C)CNC(=O)/C=C/c2ccc(S(=O)(=O)N3CCCCCC3)cc2)CC(C)O1. The Hall–Kier alpha value is -1.74. The highest BCUT2D eigenvalue weighted by molar-refractivity contribution is 7.89. The fourth-order valence-electron chi connectivity index (χ4n) is 4.50. The summed E-state index contributed by atoms with van der Waals surface area (Å²) in [5.74, 6) is -0.168. The fraction of sp³-hybridized carbons (Fsp3) is 0.640. The molecule has 1 N–H and O–H groups in total. The van der Waals surface area contributed by atoms with Crippen LogP contribution >= 0.6 is 0 Å². The number of rotatable bonds is 7. The molecule has 0 bridgehead atoms. The Balaban J connectivity index is 1.54. The summed E-state index contributed by atoms with van der Waals surface area (Å²) in [6, 6.07) is 6.74. The lowest BCUT2D eigenvalue weighted by molar-refractivity contribution is -0.118. The van der Waals surface area contributed by atoms with Crippen molar-refractivity contribution < 1.29 is 17.9 Å². The monoisotopic (exact) mass is 477 g/mol. The van der Waals surface area contributed by atoms with Gasteiger partial charge >= 0.3 is 0 Å². The van der Waals surface area contributed by atoms with Gasteiger partial charge in [-0.25, -0.2) is 8.42 Å². The highest BCUT2D eigenvalue weighted by atomic mass is 32.2. The molecule has 0 aliphatic carbocycles. The lowest BCUT2D eigenvalue weighted by atomic mass is 10.00. The number of benzene rings is 1. The van der Waals surface area contributed by atoms with Crippen LogP contribution in [0.2, 0.25) is 0 Å². The number of morpholine rings is 1. The first kappa shape index (κ1) is 25.9. The van der Waals surface area contributed by atoms with Crippen molar-refractivity contribution in [1.82, 2.24) is 14.5 Å². The van der Waals surface area contributed by atoms with Crippen LogP contribution in [0.3, 0.4) is 0 Å². The van der Waals surface area contributed by atoms with Gasteiger partial charge in [0.1, 0.15) is 0 Å². The van der Waals surface area contributed by atoms with Gasteiger partial charge in [0.25, 0.3) is 0 Å². The molecule has 2 saturated heterocycles. The topological polar surface area (TPSA) is 79.0 Å². The largest absolute Gasteiger partial charge is 0.373 e. The lowest BCUT2D eigenvalue weighted by Crippen LogP contribution is -2.58. The van der Waals surface area contributed by atoms with Gasteiger partial charge in [-0.3, -0.25) is 9.69 Å². The molecule has 1 aromatic carbocycles. The van der Waals surface area contributed by atoms with Crippen LogP contribution in [0.4, 0.5) is 0 Å². The smallest absolute Gasteiger partial charge is 0.244 e. The summed E-state index contributed by atoms with van der Waals surface area (Å²) in [6.45, 7) is 11.8. The molecule has 0 radical (unpaired) electrons. The van der Waals surface area contributed by atoms with Gasteiger partial charge in [0.2, 0.25) is 15.9 Å². The summed E-state index contributed by atoms with van der Waals surface area (Å²) in [6.07, 6.45) is 7.55. The molecule has 184 valence electrons. The maximum Gasteiger partial charge on any atom is 0.244 e. The standard InChI is InChI=1S/C25H39N3O4S/c1-20-17-27(18-21(2)32-20)25(3,4)19-26-24(29)14-11-22-9-12-23(13-10-22)33(30,31)28-15-7-5-6-8-16-28/h9-14,20-21H,5-8,15-19H2,1-4H3,(H,26,29)/b14-11+. The van der Waals surface area contributed by atoms with Crippen LogP contribution in [-0.4, -0.2) is 74.0 Å². The first-order chi connectivity index (χ1) is 15.6. The Labute approximate surface area is 199 Å². The minimum absolute atomic E-state index is 0.168. The lowest BCUT2D eigenvalue weighted by Gasteiger charge is -2.45. The Morgan fingerprint density at radius 3 is 2.21 bits per heavy atom. The summed E-state index contributed by atoms with van der Waals surface area (Å²) in [5.41, 5.74) is 0.606. The van der Waals surface area contributed by atoms with Crippen molar-refractivity contribution in [1.29, 1.82) is 0 Å². The molecule has 1 aromatic rings. The van der Waals surface area contributed by atoms with Gasteiger partial charge in [-0.1, -0.05) is 25.0 Å². The number of sulfonamides is 1. The van der Waals surface area contributed by atoms with Crippen molar-refractivity contribution in [3.8, 4) is 0 Å². The fourth-order valence-corrected chi connectivity index (χ4v) is 6.02. The Morgan fingerprint density at radius 2 is 1.64 bits per heavy atom. The predicted molar refractivity (Wildman–Crippen MR) is 131 cm³/mol. The molecule has 2 unspecified atom stereocenters. The molecule has 33 heavy (non-hydrogen) atoms. The minimum Gasteiger partial charge on any atom is -0.373 e. The number of carbonyl (C=O) groups is 1. The quantitative estimate of drug-likeness (QED) is 0.610. The van der Waals surface area contributed by atoms with Crippen molar-refractivity contribution in [2.24, 2.45) is 0 Å². The zero-order chi connectivity index (χ0) is 24.1. The molecular weight excluding hydrogens is 438 g/mol. The molecule has 2 aliphatic rings. The zero-order valence-corrected chi connectivity index (χ0v) is 21.2. The number of ether oxygens (including phenoxy) is 1. The third-order valence-corrected chi connectivity index (χ3v) is 8.39. The first-order valence-electron chi connectivity index (χ1n) is 12.0. The Morgan fingerprint density at radius 1 is 1.06 bits per heavy atom. The highest BCUT2D eigenvalue weighted by Crippen LogP contribution is 2.22. The van der Waals surface area contributed by atoms with Gasteiger partial charge in [-0.15, -0.1) is 0 Å². The van der Waals surface area contributed by atoms with E-state index in [-0.39, 0.29) is 23.7 Å². The van der Waals surface area contributed by atoms with Gasteiger partial charge in [-0.05, 0) is 64.3 Å². The summed E-state index contributed by atoms with van der Waals surface area (Å²) in [4.78, 5) is 15.1. The molecule has 2 aliphatic heterocycles. The number of nitrogens with zero attached hydrogens (tertiary/aromatic N) is 2. The molecule has 8 heteroatoms. The summed E-state index contributed by atoms with van der Waals surface area (Å²) < 4.78 is 33.2. The summed E-state index contributed by atoms with van der Waals surface area (Å²) >= 11 is 0. The van der Waals surface area contributed by atoms with E-state index in [0.717, 1.165) is 44.3 Å². The number of hydrogen-bond acceptors (Lipinski definition) is 5. The van der Waals surface area contributed by atoms with Crippen molar-refractivity contribution in [2.45, 2.75) is 76.0 Å². The average molecular weight is 478 g/mol. The molecule has 2 fully saturated rings. The summed E-state index contributed by atoms with van der Waals surface area (Å²) in [7, 11) is -3.46. The van der Waals surface area contributed by atoms with E-state index >= 15 is 0 Å². The third kappa shape index (κ3) is 7.12. The van der Waals surface area contributed by atoms with Crippen molar-refractivity contribution in [2.75, 3.05) is 32.7 Å². The van der Waals surface area contributed by atoms with E-state index in [2.05, 4.69) is 37.9 Å². The number of carbonyl (C=O) groups excluding carboxylic acids is 1. The van der Waals surface area contributed by atoms with Crippen molar-refractivity contribution in [3.05, 3.63) is 35.9 Å². The zero-order valence-electron chi connectivity index (χ0n) is 20.4. The van der Waals surface area contributed by atoms with Gasteiger partial charge in [-0.2, -0.15) is 4.31 Å². The Kier molecular flexibility index (Phi) is 8.72. The average Bonchev–Trinajstić information content (AvgIpc) is 3.06. The Bertz CT molecular complexity index is 909. The van der Waals surface area contributed by atoms with Gasteiger partial charge in [0.15, 0.2) is 0 Å². The van der Waals surface area contributed by atoms with Crippen LogP contribution in [-0.2, 0) is 19.6 Å². The van der Waals surface area contributed by atoms with Crippen LogP contribution in [0.15, 0.2) is 35.2 Å². The first-order valence-corrected chi connectivity index (χ1v) is 13.5. The highest BCUT2D eigenvalue weighted by Gasteiger charge is 2.33. The van der Waals surface area contributed by atoms with Crippen LogP contribution < -0.4 is 5.32 Å². The molecule has 0 aromatic heterocycles. The molecular formula is C25H39N3O4S. The van der Waals surface area contributed by atoms with E-state index in [4.69, 9.17) is 4.74 Å². The maximum absolute atomic E-state index is 12.9. The minimum atomic E-state index is -3.46. The van der Waals surface area contributed by atoms with E-state index < -0.39 is 10.0 Å². The van der Waals surface area contributed by atoms with Crippen LogP contribution in [0.1, 0.15) is 58.9 Å². The second kappa shape index (κ2) is 11.1. The molecule has 0 saturated carbocycles. The second-order valence-corrected chi connectivity index (χ2v) is 11.9. The number of nitrogens with one attached hydrogen (secondary N) is 1. The maximum atomic E-state index is 12.9. The molecule has 1 amide bonds. The molecule has 7 nitrogen and oxygen atoms in total. The van der Waals surface area contributed by atoms with Crippen molar-refractivity contribution in [3.63, 3.8) is 0 Å². The number of hydrogen-bond donors (Lipinski definition) is 1. The van der Waals surface area contributed by atoms with E-state index in [0.29, 0.717) is 24.5 Å². The molecule has 2 heterocycles. The predicted octanol–water partition coefficient (Wildman–Crippen LogP) is 3.27. The molecule has 0 spiro atoms. The van der Waals surface area contributed by atoms with Crippen LogP contribution in [0, 0.1) is 0 Å². The summed E-state index contributed by atoms with van der Waals surface area (Å²) in [5, 5.41) is 2.99. The molecule has 2 atom stereocenters.